The minimum absolute atomic E-state index is 0.244. The summed E-state index contributed by atoms with van der Waals surface area (Å²) in [4.78, 5) is 16.0. The Morgan fingerprint density at radius 1 is 1.00 bits per heavy atom. The van der Waals surface area contributed by atoms with Gasteiger partial charge >= 0.3 is 0 Å². The van der Waals surface area contributed by atoms with E-state index in [9.17, 15) is 0 Å². The van der Waals surface area contributed by atoms with Crippen molar-refractivity contribution < 1.29 is 9.47 Å². The number of aromatic nitrogens is 3. The normalized spacial score (nSPS) is 13.4. The summed E-state index contributed by atoms with van der Waals surface area (Å²) in [5.41, 5.74) is 7.62. The number of rotatable bonds is 9. The van der Waals surface area contributed by atoms with Gasteiger partial charge < -0.3 is 19.7 Å². The molecule has 5 rings (SSSR count). The Labute approximate surface area is 270 Å². The quantitative estimate of drug-likeness (QED) is 0.132. The van der Waals surface area contributed by atoms with E-state index in [1.807, 2.05) is 32.0 Å². The van der Waals surface area contributed by atoms with Crippen molar-refractivity contribution in [3.63, 3.8) is 0 Å². The van der Waals surface area contributed by atoms with Gasteiger partial charge in [-0.3, -0.25) is 0 Å². The van der Waals surface area contributed by atoms with Crippen LogP contribution in [0, 0.1) is 13.8 Å². The second kappa shape index (κ2) is 14.0. The van der Waals surface area contributed by atoms with Gasteiger partial charge in [-0.25, -0.2) is 5.43 Å². The molecule has 0 bridgehead atoms. The van der Waals surface area contributed by atoms with Crippen LogP contribution in [0.4, 0.5) is 23.5 Å². The number of anilines is 4. The first kappa shape index (κ1) is 30.5. The van der Waals surface area contributed by atoms with Gasteiger partial charge in [0.15, 0.2) is 0 Å². The van der Waals surface area contributed by atoms with Crippen LogP contribution in [-0.2, 0) is 11.3 Å². The summed E-state index contributed by atoms with van der Waals surface area (Å²) >= 11 is 19.5. The summed E-state index contributed by atoms with van der Waals surface area (Å²) in [6.07, 6.45) is 1.64. The van der Waals surface area contributed by atoms with Gasteiger partial charge in [-0.15, -0.1) is 0 Å². The Balaban J connectivity index is 1.39. The van der Waals surface area contributed by atoms with E-state index >= 15 is 0 Å². The largest absolute Gasteiger partial charge is 0.487 e. The van der Waals surface area contributed by atoms with E-state index in [0.29, 0.717) is 65.5 Å². The molecule has 1 aliphatic heterocycles. The highest BCUT2D eigenvalue weighted by Gasteiger charge is 2.17. The molecule has 1 fully saturated rings. The zero-order chi connectivity index (χ0) is 29.6. The first-order valence-electron chi connectivity index (χ1n) is 13.0. The second-order valence-electron chi connectivity index (χ2n) is 9.53. The fourth-order valence-corrected chi connectivity index (χ4v) is 5.98. The number of nitrogens with zero attached hydrogens (tertiary/aromatic N) is 5. The Morgan fingerprint density at radius 2 is 1.79 bits per heavy atom. The van der Waals surface area contributed by atoms with Crippen molar-refractivity contribution in [2.75, 3.05) is 41.9 Å². The molecule has 9 nitrogen and oxygen atoms in total. The predicted octanol–water partition coefficient (Wildman–Crippen LogP) is 7.93. The average Bonchev–Trinajstić information content (AvgIpc) is 2.96. The molecule has 2 heterocycles. The molecule has 2 N–H and O–H groups in total. The van der Waals surface area contributed by atoms with Crippen LogP contribution >= 0.6 is 55.1 Å². The highest BCUT2D eigenvalue weighted by molar-refractivity contribution is 9.11. The van der Waals surface area contributed by atoms with Crippen LogP contribution < -0.4 is 20.4 Å². The highest BCUT2D eigenvalue weighted by Crippen LogP contribution is 2.33. The van der Waals surface area contributed by atoms with Crippen molar-refractivity contribution in [2.45, 2.75) is 20.5 Å². The van der Waals surface area contributed by atoms with Gasteiger partial charge in [0.2, 0.25) is 17.8 Å². The van der Waals surface area contributed by atoms with E-state index in [0.717, 1.165) is 31.3 Å². The maximum Gasteiger partial charge on any atom is 0.250 e. The lowest BCUT2D eigenvalue weighted by atomic mass is 10.1. The number of benzene rings is 3. The first-order chi connectivity index (χ1) is 20.2. The molecule has 0 saturated carbocycles. The summed E-state index contributed by atoms with van der Waals surface area (Å²) in [5, 5.41) is 8.88. The lowest BCUT2D eigenvalue weighted by Crippen LogP contribution is -2.37. The number of hydrogen-bond acceptors (Lipinski definition) is 9. The number of hydrogen-bond donors (Lipinski definition) is 2. The number of ether oxygens (including phenoxy) is 2. The molecule has 0 atom stereocenters. The number of morpholine rings is 1. The fraction of sp³-hybridized carbons (Fsp3) is 0.241. The van der Waals surface area contributed by atoms with E-state index in [-0.39, 0.29) is 6.61 Å². The minimum Gasteiger partial charge on any atom is -0.487 e. The van der Waals surface area contributed by atoms with Gasteiger partial charge in [0.1, 0.15) is 12.4 Å². The van der Waals surface area contributed by atoms with Crippen LogP contribution in [0.15, 0.2) is 62.6 Å². The standard InChI is InChI=1S/C29H27Br2Cl2N7O2/c1-17-3-4-18(2)25(11-17)35-27-36-28(38-29(37-27)40-7-9-41-10-8-40)39-34-15-20-12-21(30)13-23(31)26(20)42-16-19-5-6-22(32)14-24(19)33/h3-6,11-15H,7-10,16H2,1-2H3,(H2,35,36,37,38,39)/b34-15-. The third-order valence-electron chi connectivity index (χ3n) is 6.35. The SMILES string of the molecule is Cc1ccc(C)c(Nc2nc(N/N=C\c3cc(Br)cc(Br)c3OCc3ccc(Cl)cc3Cl)nc(N3CCOCC3)n2)c1. The molecule has 1 aromatic heterocycles. The van der Waals surface area contributed by atoms with Gasteiger partial charge in [0.05, 0.1) is 23.9 Å². The van der Waals surface area contributed by atoms with Crippen molar-refractivity contribution in [3.05, 3.63) is 89.8 Å². The van der Waals surface area contributed by atoms with Gasteiger partial charge in [0.25, 0.3) is 0 Å². The smallest absolute Gasteiger partial charge is 0.250 e. The molecule has 1 saturated heterocycles. The van der Waals surface area contributed by atoms with Crippen molar-refractivity contribution in [3.8, 4) is 5.75 Å². The van der Waals surface area contributed by atoms with Crippen LogP contribution in [0.5, 0.6) is 5.75 Å². The predicted molar refractivity (Wildman–Crippen MR) is 176 cm³/mol. The molecule has 0 spiro atoms. The van der Waals surface area contributed by atoms with Crippen molar-refractivity contribution in [1.82, 2.24) is 15.0 Å². The molecule has 0 radical (unpaired) electrons. The topological polar surface area (TPSA) is 96.8 Å². The Morgan fingerprint density at radius 3 is 2.57 bits per heavy atom. The zero-order valence-electron chi connectivity index (χ0n) is 22.8. The number of nitrogens with one attached hydrogen (secondary N) is 2. The summed E-state index contributed by atoms with van der Waals surface area (Å²) in [6, 6.07) is 15.3. The van der Waals surface area contributed by atoms with E-state index in [4.69, 9.17) is 32.7 Å². The lowest BCUT2D eigenvalue weighted by Gasteiger charge is -2.27. The third kappa shape index (κ3) is 7.90. The molecule has 0 aliphatic carbocycles. The van der Waals surface area contributed by atoms with Crippen LogP contribution in [0.2, 0.25) is 10.0 Å². The van der Waals surface area contributed by atoms with E-state index in [1.165, 1.54) is 0 Å². The number of hydrazone groups is 1. The maximum atomic E-state index is 6.35. The maximum absolute atomic E-state index is 6.35. The van der Waals surface area contributed by atoms with E-state index in [1.54, 1.807) is 18.3 Å². The molecule has 13 heteroatoms. The molecule has 42 heavy (non-hydrogen) atoms. The zero-order valence-corrected chi connectivity index (χ0v) is 27.5. The van der Waals surface area contributed by atoms with E-state index in [2.05, 4.69) is 85.8 Å². The average molecular weight is 736 g/mol. The highest BCUT2D eigenvalue weighted by atomic mass is 79.9. The molecule has 0 unspecified atom stereocenters. The summed E-state index contributed by atoms with van der Waals surface area (Å²) < 4.78 is 13.3. The molecular weight excluding hydrogens is 709 g/mol. The van der Waals surface area contributed by atoms with Crippen LogP contribution in [-0.4, -0.2) is 47.5 Å². The van der Waals surface area contributed by atoms with Gasteiger partial charge in [0, 0.05) is 44.4 Å². The molecule has 1 aliphatic rings. The Bertz CT molecular complexity index is 1620. The lowest BCUT2D eigenvalue weighted by molar-refractivity contribution is 0.122. The molecular formula is C29H27Br2Cl2N7O2. The summed E-state index contributed by atoms with van der Waals surface area (Å²) in [5.74, 6) is 1.83. The van der Waals surface area contributed by atoms with Crippen molar-refractivity contribution in [2.24, 2.45) is 5.10 Å². The van der Waals surface area contributed by atoms with Crippen molar-refractivity contribution in [1.29, 1.82) is 0 Å². The van der Waals surface area contributed by atoms with Gasteiger partial charge in [-0.2, -0.15) is 20.1 Å². The number of aryl methyl sites for hydroxylation is 2. The van der Waals surface area contributed by atoms with E-state index < -0.39 is 0 Å². The summed E-state index contributed by atoms with van der Waals surface area (Å²) in [7, 11) is 0. The van der Waals surface area contributed by atoms with Crippen LogP contribution in [0.3, 0.4) is 0 Å². The van der Waals surface area contributed by atoms with Crippen LogP contribution in [0.1, 0.15) is 22.3 Å². The Kier molecular flexibility index (Phi) is 10.2. The minimum atomic E-state index is 0.244. The summed E-state index contributed by atoms with van der Waals surface area (Å²) in [6.45, 7) is 6.89. The van der Waals surface area contributed by atoms with Crippen LogP contribution in [0.25, 0.3) is 0 Å². The third-order valence-corrected chi connectivity index (χ3v) is 7.98. The number of halogens is 4. The first-order valence-corrected chi connectivity index (χ1v) is 15.4. The van der Waals surface area contributed by atoms with Gasteiger partial charge in [-0.05, 0) is 71.2 Å². The van der Waals surface area contributed by atoms with Crippen molar-refractivity contribution >= 4 is 84.8 Å². The molecule has 218 valence electrons. The Hall–Kier alpha value is -2.96. The monoisotopic (exact) mass is 733 g/mol. The van der Waals surface area contributed by atoms with Gasteiger partial charge in [-0.1, -0.05) is 57.3 Å². The second-order valence-corrected chi connectivity index (χ2v) is 12.1. The molecule has 0 amide bonds. The molecule has 4 aromatic rings. The fourth-order valence-electron chi connectivity index (χ4n) is 4.14. The molecule has 3 aromatic carbocycles.